The normalized spacial score (nSPS) is 16.9. The van der Waals surface area contributed by atoms with Crippen molar-refractivity contribution in [1.82, 2.24) is 14.5 Å². The molecule has 1 heterocycles. The highest BCUT2D eigenvalue weighted by Gasteiger charge is 2.31. The van der Waals surface area contributed by atoms with Gasteiger partial charge in [0, 0.05) is 13.1 Å². The smallest absolute Gasteiger partial charge is 0.246 e. The third-order valence-corrected chi connectivity index (χ3v) is 4.06. The van der Waals surface area contributed by atoms with E-state index in [1.807, 2.05) is 0 Å². The molecule has 7 heteroatoms. The number of sulfonamides is 1. The molecule has 2 rings (SSSR count). The topological polar surface area (TPSA) is 90.0 Å². The number of hydrogen-bond donors (Lipinski definition) is 2. The Labute approximate surface area is 88.5 Å². The minimum absolute atomic E-state index is 0.0778. The first-order valence-corrected chi connectivity index (χ1v) is 6.21. The van der Waals surface area contributed by atoms with Crippen LogP contribution in [0.2, 0.25) is 0 Å². The van der Waals surface area contributed by atoms with Crippen LogP contribution < -0.4 is 10.5 Å². The molecule has 0 spiro atoms. The molecule has 1 aromatic heterocycles. The summed E-state index contributed by atoms with van der Waals surface area (Å²) in [5.41, 5.74) is 6.10. The number of nitrogens with one attached hydrogen (secondary N) is 1. The van der Waals surface area contributed by atoms with Crippen molar-refractivity contribution in [3.8, 4) is 0 Å². The van der Waals surface area contributed by atoms with Crippen LogP contribution in [0.1, 0.15) is 18.5 Å². The molecule has 0 radical (unpaired) electrons. The van der Waals surface area contributed by atoms with Gasteiger partial charge in [0.15, 0.2) is 0 Å². The summed E-state index contributed by atoms with van der Waals surface area (Å²) in [6, 6.07) is 0.0778. The molecule has 0 atom stereocenters. The summed E-state index contributed by atoms with van der Waals surface area (Å²) in [6.07, 6.45) is 1.80. The van der Waals surface area contributed by atoms with E-state index in [4.69, 9.17) is 5.73 Å². The highest BCUT2D eigenvalue weighted by molar-refractivity contribution is 7.89. The van der Waals surface area contributed by atoms with Gasteiger partial charge in [-0.3, -0.25) is 4.68 Å². The number of nitrogen functional groups attached to an aromatic ring is 1. The quantitative estimate of drug-likeness (QED) is 0.749. The van der Waals surface area contributed by atoms with Crippen LogP contribution in [0.3, 0.4) is 0 Å². The largest absolute Gasteiger partial charge is 0.383 e. The summed E-state index contributed by atoms with van der Waals surface area (Å²) in [4.78, 5) is 0.108. The highest BCUT2D eigenvalue weighted by atomic mass is 32.2. The van der Waals surface area contributed by atoms with E-state index in [1.165, 1.54) is 4.68 Å². The van der Waals surface area contributed by atoms with Crippen molar-refractivity contribution in [1.29, 1.82) is 0 Å². The maximum Gasteiger partial charge on any atom is 0.246 e. The van der Waals surface area contributed by atoms with Crippen molar-refractivity contribution in [2.45, 2.75) is 30.7 Å². The van der Waals surface area contributed by atoms with Crippen molar-refractivity contribution >= 4 is 15.8 Å². The molecule has 0 aromatic carbocycles. The molecule has 0 saturated heterocycles. The number of rotatable bonds is 3. The molecule has 1 aliphatic rings. The zero-order valence-electron chi connectivity index (χ0n) is 8.69. The zero-order valence-corrected chi connectivity index (χ0v) is 9.50. The summed E-state index contributed by atoms with van der Waals surface area (Å²) in [5.74, 6) is 0.181. The number of anilines is 1. The Bertz CT molecular complexity index is 487. The van der Waals surface area contributed by atoms with Crippen LogP contribution in [0.15, 0.2) is 4.90 Å². The Kier molecular flexibility index (Phi) is 2.23. The van der Waals surface area contributed by atoms with Crippen molar-refractivity contribution in [2.24, 2.45) is 7.05 Å². The Morgan fingerprint density at radius 1 is 1.53 bits per heavy atom. The maximum absolute atomic E-state index is 11.9. The number of aromatic nitrogens is 2. The minimum Gasteiger partial charge on any atom is -0.383 e. The van der Waals surface area contributed by atoms with Crippen LogP contribution in [-0.2, 0) is 17.1 Å². The second kappa shape index (κ2) is 3.21. The van der Waals surface area contributed by atoms with Crippen molar-refractivity contribution in [3.63, 3.8) is 0 Å². The van der Waals surface area contributed by atoms with E-state index >= 15 is 0 Å². The number of nitrogens with two attached hydrogens (primary N) is 1. The average molecular weight is 230 g/mol. The van der Waals surface area contributed by atoms with Crippen LogP contribution in [0.25, 0.3) is 0 Å². The Balaban J connectivity index is 2.42. The number of aryl methyl sites for hydroxylation is 2. The lowest BCUT2D eigenvalue weighted by atomic mass is 10.5. The highest BCUT2D eigenvalue weighted by Crippen LogP contribution is 2.26. The maximum atomic E-state index is 11.9. The van der Waals surface area contributed by atoms with Crippen LogP contribution in [0.5, 0.6) is 0 Å². The van der Waals surface area contributed by atoms with E-state index in [1.54, 1.807) is 14.0 Å². The minimum atomic E-state index is -3.50. The Morgan fingerprint density at radius 3 is 2.53 bits per heavy atom. The molecule has 3 N–H and O–H groups in total. The monoisotopic (exact) mass is 230 g/mol. The van der Waals surface area contributed by atoms with E-state index in [-0.39, 0.29) is 16.8 Å². The molecule has 0 aliphatic heterocycles. The van der Waals surface area contributed by atoms with Crippen molar-refractivity contribution in [2.75, 3.05) is 5.73 Å². The predicted octanol–water partition coefficient (Wildman–Crippen LogP) is -0.249. The first-order valence-electron chi connectivity index (χ1n) is 4.73. The standard InChI is InChI=1S/C8H14N4O2S/c1-5-7(8(9)12(2)10-5)15(13,14)11-6-3-4-6/h6,11H,3-4,9H2,1-2H3. The molecule has 0 amide bonds. The molecule has 1 fully saturated rings. The molecule has 1 saturated carbocycles. The predicted molar refractivity (Wildman–Crippen MR) is 55.7 cm³/mol. The molecular formula is C8H14N4O2S. The van der Waals surface area contributed by atoms with Gasteiger partial charge in [0.25, 0.3) is 0 Å². The lowest BCUT2D eigenvalue weighted by Gasteiger charge is -2.04. The second-order valence-electron chi connectivity index (χ2n) is 3.82. The van der Waals surface area contributed by atoms with Crippen LogP contribution in [0.4, 0.5) is 5.82 Å². The van der Waals surface area contributed by atoms with Gasteiger partial charge >= 0.3 is 0 Å². The summed E-state index contributed by atoms with van der Waals surface area (Å²) in [7, 11) is -1.87. The van der Waals surface area contributed by atoms with Gasteiger partial charge in [-0.05, 0) is 19.8 Å². The van der Waals surface area contributed by atoms with Gasteiger partial charge in [-0.15, -0.1) is 0 Å². The lowest BCUT2D eigenvalue weighted by Crippen LogP contribution is -2.26. The van der Waals surface area contributed by atoms with E-state index in [2.05, 4.69) is 9.82 Å². The number of hydrogen-bond acceptors (Lipinski definition) is 4. The molecule has 1 aliphatic carbocycles. The Hall–Kier alpha value is -1.08. The van der Waals surface area contributed by atoms with Gasteiger partial charge in [-0.25, -0.2) is 13.1 Å². The fraction of sp³-hybridized carbons (Fsp3) is 0.625. The third-order valence-electron chi connectivity index (χ3n) is 2.38. The first kappa shape index (κ1) is 10.4. The molecule has 15 heavy (non-hydrogen) atoms. The van der Waals surface area contributed by atoms with Gasteiger partial charge in [-0.2, -0.15) is 5.10 Å². The third kappa shape index (κ3) is 1.84. The molecule has 0 bridgehead atoms. The summed E-state index contributed by atoms with van der Waals surface area (Å²) < 4.78 is 27.7. The molecular weight excluding hydrogens is 216 g/mol. The fourth-order valence-corrected chi connectivity index (χ4v) is 3.10. The van der Waals surface area contributed by atoms with Crippen LogP contribution in [0, 0.1) is 6.92 Å². The molecule has 0 unspecified atom stereocenters. The first-order chi connectivity index (χ1) is 6.92. The van der Waals surface area contributed by atoms with Gasteiger partial charge < -0.3 is 5.73 Å². The zero-order chi connectivity index (χ0) is 11.2. The molecule has 6 nitrogen and oxygen atoms in total. The van der Waals surface area contributed by atoms with Gasteiger partial charge in [0.05, 0.1) is 5.69 Å². The van der Waals surface area contributed by atoms with Gasteiger partial charge in [0.1, 0.15) is 10.7 Å². The summed E-state index contributed by atoms with van der Waals surface area (Å²) >= 11 is 0. The van der Waals surface area contributed by atoms with E-state index in [9.17, 15) is 8.42 Å². The summed E-state index contributed by atoms with van der Waals surface area (Å²) in [5, 5.41) is 3.98. The van der Waals surface area contributed by atoms with E-state index in [0.29, 0.717) is 5.69 Å². The lowest BCUT2D eigenvalue weighted by molar-refractivity contribution is 0.581. The SMILES string of the molecule is Cc1nn(C)c(N)c1S(=O)(=O)NC1CC1. The average Bonchev–Trinajstić information content (AvgIpc) is 2.81. The number of nitrogens with zero attached hydrogens (tertiary/aromatic N) is 2. The fourth-order valence-electron chi connectivity index (χ4n) is 1.47. The van der Waals surface area contributed by atoms with E-state index < -0.39 is 10.0 Å². The second-order valence-corrected chi connectivity index (χ2v) is 5.47. The van der Waals surface area contributed by atoms with Crippen molar-refractivity contribution < 1.29 is 8.42 Å². The van der Waals surface area contributed by atoms with Crippen LogP contribution >= 0.6 is 0 Å². The summed E-state index contributed by atoms with van der Waals surface area (Å²) in [6.45, 7) is 1.64. The van der Waals surface area contributed by atoms with Gasteiger partial charge in [0.2, 0.25) is 10.0 Å². The molecule has 1 aromatic rings. The van der Waals surface area contributed by atoms with Gasteiger partial charge in [-0.1, -0.05) is 0 Å². The Morgan fingerprint density at radius 2 is 2.13 bits per heavy atom. The van der Waals surface area contributed by atoms with Crippen LogP contribution in [-0.4, -0.2) is 24.2 Å². The molecule has 84 valence electrons. The van der Waals surface area contributed by atoms with Crippen molar-refractivity contribution in [3.05, 3.63) is 5.69 Å². The van der Waals surface area contributed by atoms with E-state index in [0.717, 1.165) is 12.8 Å².